The quantitative estimate of drug-likeness (QED) is 0.0423. The fourth-order valence-electron chi connectivity index (χ4n) is 11.2. The molecule has 470 valence electrons. The maximum atomic E-state index is 12.7. The molecule has 83 heavy (non-hydrogen) atoms. The van der Waals surface area contributed by atoms with E-state index in [1.165, 1.54) is 29.9 Å². The zero-order chi connectivity index (χ0) is 62.1. The SMILES string of the molecule is CC(C)C[C@@H](/C=C/CC(=O)NC1CC2CCC[C@@H](C1)N2Cc1ccccc1)NC(=O)OC(C)(C)C.CC(C)C[C@@H](/C=C/CC(=O)NC1CC2CCC[C@@H](C1)N2O)NC(=O)OC(C)(C)C.CC(C)C[C@@H](/C=C/CC(=O)O)NC(=O)OC(C)(C)C. The van der Waals surface area contributed by atoms with Crippen LogP contribution in [0, 0.1) is 17.8 Å². The van der Waals surface area contributed by atoms with Crippen molar-refractivity contribution in [1.82, 2.24) is 36.5 Å². The van der Waals surface area contributed by atoms with Gasteiger partial charge in [0.05, 0.1) is 24.5 Å². The van der Waals surface area contributed by atoms with Crippen LogP contribution in [-0.2, 0) is 35.1 Å². The molecule has 0 saturated carbocycles. The van der Waals surface area contributed by atoms with E-state index in [4.69, 9.17) is 19.3 Å². The molecular formula is C65H109N7O11. The van der Waals surface area contributed by atoms with Crippen molar-refractivity contribution in [2.45, 2.75) is 284 Å². The average molecular weight is 1160 g/mol. The van der Waals surface area contributed by atoms with Crippen LogP contribution in [0.15, 0.2) is 66.8 Å². The molecule has 5 amide bonds. The van der Waals surface area contributed by atoms with Crippen LogP contribution in [-0.4, -0.2) is 128 Å². The van der Waals surface area contributed by atoms with Crippen LogP contribution < -0.4 is 26.6 Å². The lowest BCUT2D eigenvalue weighted by atomic mass is 9.81. The molecule has 4 unspecified atom stereocenters. The Kier molecular flexibility index (Phi) is 30.4. The molecule has 4 heterocycles. The third kappa shape index (κ3) is 31.9. The van der Waals surface area contributed by atoms with Gasteiger partial charge < -0.3 is 51.1 Å². The number of fused-ring (bicyclic) bond motifs is 4. The first-order valence-corrected chi connectivity index (χ1v) is 30.8. The van der Waals surface area contributed by atoms with E-state index in [1.54, 1.807) is 32.9 Å². The molecule has 0 spiro atoms. The first-order valence-electron chi connectivity index (χ1n) is 30.8. The maximum Gasteiger partial charge on any atom is 0.408 e. The lowest BCUT2D eigenvalue weighted by Gasteiger charge is -2.49. The highest BCUT2D eigenvalue weighted by Crippen LogP contribution is 2.36. The summed E-state index contributed by atoms with van der Waals surface area (Å²) in [5.74, 6) is 0.342. The van der Waals surface area contributed by atoms with Crippen molar-refractivity contribution >= 4 is 36.1 Å². The summed E-state index contributed by atoms with van der Waals surface area (Å²) in [5.41, 5.74) is -0.256. The minimum absolute atomic E-state index is 0.0173. The number of carboxylic acids is 1. The van der Waals surface area contributed by atoms with Gasteiger partial charge in [-0.3, -0.25) is 19.3 Å². The van der Waals surface area contributed by atoms with Crippen molar-refractivity contribution in [3.63, 3.8) is 0 Å². The molecule has 1 aromatic rings. The first kappa shape index (κ1) is 71.8. The Bertz CT molecular complexity index is 2200. The Morgan fingerprint density at radius 2 is 0.855 bits per heavy atom. The molecule has 4 aliphatic heterocycles. The first-order chi connectivity index (χ1) is 38.7. The number of nitrogens with one attached hydrogen (secondary N) is 5. The summed E-state index contributed by atoms with van der Waals surface area (Å²) in [6.45, 7) is 29.9. The molecule has 0 aromatic heterocycles. The van der Waals surface area contributed by atoms with Gasteiger partial charge in [-0.05, 0) is 156 Å². The van der Waals surface area contributed by atoms with Gasteiger partial charge in [-0.1, -0.05) is 121 Å². The number of nitrogens with zero attached hydrogens (tertiary/aromatic N) is 2. The standard InChI is InChI=1S/C29H45N3O3.C22H39N3O4.C14H25NO4/c1-21(2)17-23(31-28(34)35-29(3,4)5)13-9-16-27(33)30-24-18-25-14-10-15-26(19-24)32(25)20-22-11-7-6-8-12-22;1-15(2)12-16(24-21(27)29-22(3,4)5)8-6-11-20(26)23-17-13-18-9-7-10-19(14-17)25(18)28;1-10(2)9-11(7-6-8-12(16)17)15-13(18)19-14(3,4)5/h6-9,11-13,21,23-26H,10,14-20H2,1-5H3,(H,30,33)(H,31,34);6,8,15-19,28H,7,9-14H2,1-5H3,(H,23,26)(H,24,27);6-7,10-11H,8-9H2,1-5H3,(H,15,18)(H,16,17)/b13-9+;8-6+;7-6+/t23-,24?,25+,26?;16-,17?,18+,19?;11-/m111/s1. The van der Waals surface area contributed by atoms with Gasteiger partial charge in [0.1, 0.15) is 16.8 Å². The van der Waals surface area contributed by atoms with E-state index in [1.807, 2.05) is 79.7 Å². The summed E-state index contributed by atoms with van der Waals surface area (Å²) in [7, 11) is 0. The number of benzene rings is 1. The van der Waals surface area contributed by atoms with E-state index in [2.05, 4.69) is 89.5 Å². The Morgan fingerprint density at radius 3 is 1.18 bits per heavy atom. The molecular weight excluding hydrogens is 1050 g/mol. The molecule has 0 radical (unpaired) electrons. The summed E-state index contributed by atoms with van der Waals surface area (Å²) >= 11 is 0. The third-order valence-electron chi connectivity index (χ3n) is 14.3. The van der Waals surface area contributed by atoms with Crippen LogP contribution >= 0.6 is 0 Å². The number of piperidine rings is 4. The predicted molar refractivity (Wildman–Crippen MR) is 328 cm³/mol. The molecule has 18 heteroatoms. The number of aliphatic carboxylic acids is 1. The van der Waals surface area contributed by atoms with Gasteiger partial charge in [0.25, 0.3) is 0 Å². The highest BCUT2D eigenvalue weighted by molar-refractivity contribution is 5.78. The van der Waals surface area contributed by atoms with Gasteiger partial charge in [-0.15, -0.1) is 0 Å². The molecule has 4 bridgehead atoms. The zero-order valence-electron chi connectivity index (χ0n) is 53.3. The van der Waals surface area contributed by atoms with Crippen LogP contribution in [0.25, 0.3) is 0 Å². The Hall–Kier alpha value is -5.46. The van der Waals surface area contributed by atoms with Crippen LogP contribution in [0.2, 0.25) is 0 Å². The Balaban J connectivity index is 0.000000342. The van der Waals surface area contributed by atoms with Crippen molar-refractivity contribution in [2.75, 3.05) is 0 Å². The topological polar surface area (TPSA) is 237 Å². The van der Waals surface area contributed by atoms with Crippen LogP contribution in [0.3, 0.4) is 0 Å². The van der Waals surface area contributed by atoms with E-state index in [-0.39, 0.29) is 66.9 Å². The molecule has 9 atom stereocenters. The number of alkyl carbamates (subject to hydrolysis) is 3. The highest BCUT2D eigenvalue weighted by Gasteiger charge is 2.40. The minimum Gasteiger partial charge on any atom is -0.481 e. The predicted octanol–water partition coefficient (Wildman–Crippen LogP) is 12.3. The minimum atomic E-state index is -0.892. The van der Waals surface area contributed by atoms with E-state index in [0.29, 0.717) is 36.3 Å². The Morgan fingerprint density at radius 1 is 0.530 bits per heavy atom. The summed E-state index contributed by atoms with van der Waals surface area (Å²) in [6.07, 6.45) is 22.8. The van der Waals surface area contributed by atoms with Crippen LogP contribution in [0.5, 0.6) is 0 Å². The van der Waals surface area contributed by atoms with Gasteiger partial charge in [-0.2, -0.15) is 5.06 Å². The van der Waals surface area contributed by atoms with Gasteiger partial charge in [-0.25, -0.2) is 14.4 Å². The lowest BCUT2D eigenvalue weighted by Crippen LogP contribution is -2.56. The molecule has 0 aliphatic carbocycles. The third-order valence-corrected chi connectivity index (χ3v) is 14.3. The highest BCUT2D eigenvalue weighted by atomic mass is 16.6. The number of carboxylic acid groups (broad SMARTS) is 1. The molecule has 7 N–H and O–H groups in total. The second kappa shape index (κ2) is 35.1. The summed E-state index contributed by atoms with van der Waals surface area (Å²) in [4.78, 5) is 74.1. The van der Waals surface area contributed by atoms with Crippen molar-refractivity contribution in [1.29, 1.82) is 0 Å². The number of amides is 5. The number of ether oxygens (including phenoxy) is 3. The van der Waals surface area contributed by atoms with Gasteiger partial charge in [0.2, 0.25) is 11.8 Å². The van der Waals surface area contributed by atoms with Gasteiger partial charge in [0.15, 0.2) is 0 Å². The smallest absolute Gasteiger partial charge is 0.408 e. The number of hydrogen-bond acceptors (Lipinski definition) is 12. The van der Waals surface area contributed by atoms with Crippen molar-refractivity contribution in [3.8, 4) is 0 Å². The van der Waals surface area contributed by atoms with Crippen molar-refractivity contribution in [2.24, 2.45) is 17.8 Å². The van der Waals surface area contributed by atoms with E-state index < -0.39 is 41.1 Å². The van der Waals surface area contributed by atoms with Crippen LogP contribution in [0.4, 0.5) is 14.4 Å². The number of hydrogen-bond donors (Lipinski definition) is 7. The largest absolute Gasteiger partial charge is 0.481 e. The zero-order valence-corrected chi connectivity index (χ0v) is 53.3. The van der Waals surface area contributed by atoms with Crippen molar-refractivity contribution in [3.05, 3.63) is 72.4 Å². The Labute approximate surface area is 498 Å². The summed E-state index contributed by atoms with van der Waals surface area (Å²) < 4.78 is 15.9. The molecule has 1 aromatic carbocycles. The summed E-state index contributed by atoms with van der Waals surface area (Å²) in [5, 5.41) is 35.2. The molecule has 4 saturated heterocycles. The second-order valence-electron chi connectivity index (χ2n) is 27.4. The van der Waals surface area contributed by atoms with Gasteiger partial charge in [0, 0.05) is 55.6 Å². The normalized spacial score (nSPS) is 22.3. The van der Waals surface area contributed by atoms with Crippen LogP contribution in [0.1, 0.15) is 212 Å². The average Bonchev–Trinajstić information content (AvgIpc) is 3.53. The monoisotopic (exact) mass is 1160 g/mol. The maximum absolute atomic E-state index is 12.7. The molecule has 4 fully saturated rings. The van der Waals surface area contributed by atoms with Gasteiger partial charge >= 0.3 is 24.2 Å². The number of carbonyl (C=O) groups is 6. The number of hydroxylamine groups is 2. The fraction of sp³-hybridized carbons (Fsp3) is 0.723. The lowest BCUT2D eigenvalue weighted by molar-refractivity contribution is -0.198. The number of rotatable bonds is 22. The summed E-state index contributed by atoms with van der Waals surface area (Å²) in [6, 6.07) is 11.9. The van der Waals surface area contributed by atoms with E-state index in [0.717, 1.165) is 70.8 Å². The van der Waals surface area contributed by atoms with Crippen molar-refractivity contribution < 1.29 is 53.3 Å². The van der Waals surface area contributed by atoms with E-state index >= 15 is 0 Å². The molecule has 4 aliphatic rings. The number of carbonyl (C=O) groups excluding carboxylic acids is 5. The fourth-order valence-corrected chi connectivity index (χ4v) is 11.2. The van der Waals surface area contributed by atoms with E-state index in [9.17, 15) is 34.0 Å². The second-order valence-corrected chi connectivity index (χ2v) is 27.4. The molecule has 5 rings (SSSR count). The molecule has 18 nitrogen and oxygen atoms in total.